The van der Waals surface area contributed by atoms with E-state index >= 15 is 0 Å². The zero-order valence-corrected chi connectivity index (χ0v) is 15.2. The van der Waals surface area contributed by atoms with Crippen LogP contribution in [-0.4, -0.2) is 0 Å². The topological polar surface area (TPSA) is 0 Å². The van der Waals surface area contributed by atoms with E-state index in [1.54, 1.807) is 0 Å². The first-order chi connectivity index (χ1) is 9.24. The average molecular weight is 273 g/mol. The summed E-state index contributed by atoms with van der Waals surface area (Å²) in [5, 5.41) is 0. The molecule has 0 aliphatic heterocycles. The lowest BCUT2D eigenvalue weighted by atomic mass is 10.4. The lowest BCUT2D eigenvalue weighted by molar-refractivity contribution is 0.886. The van der Waals surface area contributed by atoms with Gasteiger partial charge in [0.15, 0.2) is 0 Å². The maximum absolute atomic E-state index is 2.12. The van der Waals surface area contributed by atoms with Gasteiger partial charge in [-0.3, -0.25) is 0 Å². The Hall–Kier alpha value is 0. The quantitative estimate of drug-likeness (QED) is 0.417. The van der Waals surface area contributed by atoms with Crippen molar-refractivity contribution in [3.05, 3.63) is 0 Å². The number of hydrogen-bond acceptors (Lipinski definition) is 0. The van der Waals surface area contributed by atoms with Crippen LogP contribution in [0, 0.1) is 0 Å². The van der Waals surface area contributed by atoms with Crippen LogP contribution >= 0.6 is 0 Å². The molecule has 0 aromatic rings. The predicted octanol–water partition coefficient (Wildman–Crippen LogP) is 8.15. The Morgan fingerprint density at radius 3 is 0.421 bits per heavy atom. The van der Waals surface area contributed by atoms with E-state index in [-0.39, 0.29) is 0 Å². The molecule has 2 saturated carbocycles. The molecule has 19 heavy (non-hydrogen) atoms. The van der Waals surface area contributed by atoms with Crippen molar-refractivity contribution in [3.63, 3.8) is 0 Å². The molecule has 2 rings (SSSR count). The Morgan fingerprint density at radius 2 is 0.368 bits per heavy atom. The van der Waals surface area contributed by atoms with Crippen LogP contribution < -0.4 is 0 Å². The van der Waals surface area contributed by atoms with Crippen LogP contribution in [-0.2, 0) is 0 Å². The molecule has 2 aliphatic carbocycles. The Bertz CT molecular complexity index is 58.2. The highest BCUT2D eigenvalue weighted by atomic mass is 14.0. The Labute approximate surface area is 125 Å². The smallest absolute Gasteiger partial charge is 0.0533 e. The van der Waals surface area contributed by atoms with Gasteiger partial charge in [0.1, 0.15) is 0 Å². The second kappa shape index (κ2) is 30.8. The van der Waals surface area contributed by atoms with Gasteiger partial charge in [-0.1, -0.05) is 125 Å². The molecule has 0 nitrogen and oxygen atoms in total. The molecule has 0 saturated heterocycles. The lowest BCUT2D eigenvalue weighted by Crippen LogP contribution is -1.47. The van der Waals surface area contributed by atoms with Crippen molar-refractivity contribution in [2.24, 2.45) is 0 Å². The van der Waals surface area contributed by atoms with Crippen molar-refractivity contribution in [3.8, 4) is 0 Å². The third-order valence-electron chi connectivity index (χ3n) is 2.50. The molecule has 2 fully saturated rings. The average Bonchev–Trinajstić information content (AvgIpc) is 3.11. The van der Waals surface area contributed by atoms with Crippen molar-refractivity contribution in [1.82, 2.24) is 0 Å². The normalized spacial score (nSPS) is 15.5. The van der Waals surface area contributed by atoms with Gasteiger partial charge in [0.05, 0.1) is 0 Å². The molecule has 0 spiro atoms. The highest BCUT2D eigenvalue weighted by molar-refractivity contribution is 4.51. The first kappa shape index (κ1) is 24.0. The molecule has 0 atom stereocenters. The van der Waals surface area contributed by atoms with Gasteiger partial charge in [-0.25, -0.2) is 0 Å². The van der Waals surface area contributed by atoms with Gasteiger partial charge in [0.25, 0.3) is 0 Å². The molecule has 0 amide bonds. The first-order valence-electron chi connectivity index (χ1n) is 9.24. The maximum atomic E-state index is 2.12. The molecule has 0 radical (unpaired) electrons. The summed E-state index contributed by atoms with van der Waals surface area (Å²) in [4.78, 5) is 0. The Balaban J connectivity index is -0.000000174. The van der Waals surface area contributed by atoms with Crippen LogP contribution in [0.1, 0.15) is 125 Å². The van der Waals surface area contributed by atoms with Crippen LogP contribution in [0.4, 0.5) is 0 Å². The fraction of sp³-hybridized carbons (Fsp3) is 1.00. The van der Waals surface area contributed by atoms with Gasteiger partial charge in [0, 0.05) is 0 Å². The lowest BCUT2D eigenvalue weighted by Gasteiger charge is -1.67. The van der Waals surface area contributed by atoms with Crippen LogP contribution in [0.15, 0.2) is 0 Å². The van der Waals surface area contributed by atoms with Crippen molar-refractivity contribution in [2.45, 2.75) is 125 Å². The van der Waals surface area contributed by atoms with E-state index < -0.39 is 0 Å². The minimum Gasteiger partial charge on any atom is -0.0656 e. The zero-order chi connectivity index (χ0) is 15.2. The summed E-state index contributed by atoms with van der Waals surface area (Å²) in [5.41, 5.74) is 0. The zero-order valence-electron chi connectivity index (χ0n) is 15.2. The van der Waals surface area contributed by atoms with Crippen LogP contribution in [0.25, 0.3) is 0 Å². The van der Waals surface area contributed by atoms with Crippen molar-refractivity contribution < 1.29 is 0 Å². The summed E-state index contributed by atoms with van der Waals surface area (Å²) in [6.07, 6.45) is 18.8. The summed E-state index contributed by atoms with van der Waals surface area (Å²) in [6.45, 7) is 12.8. The fourth-order valence-corrected chi connectivity index (χ4v) is 1.77. The summed E-state index contributed by atoms with van der Waals surface area (Å²) in [6, 6.07) is 0. The number of rotatable bonds is 0. The molecule has 0 aromatic heterocycles. The Morgan fingerprint density at radius 1 is 0.316 bits per heavy atom. The second-order valence-corrected chi connectivity index (χ2v) is 5.66. The highest BCUT2D eigenvalue weighted by Gasteiger charge is 1.95. The van der Waals surface area contributed by atoms with Crippen LogP contribution in [0.5, 0.6) is 0 Å². The van der Waals surface area contributed by atoms with E-state index in [1.807, 2.05) is 0 Å². The first-order valence-corrected chi connectivity index (χ1v) is 9.24. The third-order valence-corrected chi connectivity index (χ3v) is 2.50. The molecule has 0 heteroatoms. The summed E-state index contributed by atoms with van der Waals surface area (Å²) >= 11 is 0. The summed E-state index contributed by atoms with van der Waals surface area (Å²) < 4.78 is 0. The molecule has 0 N–H and O–H groups in total. The molecule has 2 aliphatic rings. The third kappa shape index (κ3) is 46.1. The SMILES string of the molecule is C1CCCC1.C1CCCC1.CCC.CCC.CCC. The van der Waals surface area contributed by atoms with Gasteiger partial charge < -0.3 is 0 Å². The Kier molecular flexibility index (Phi) is 39.0. The molecule has 0 heterocycles. The molecule has 0 bridgehead atoms. The monoisotopic (exact) mass is 272 g/mol. The summed E-state index contributed by atoms with van der Waals surface area (Å²) in [7, 11) is 0. The molecular weight excluding hydrogens is 228 g/mol. The highest BCUT2D eigenvalue weighted by Crippen LogP contribution is 2.15. The van der Waals surface area contributed by atoms with Crippen molar-refractivity contribution >= 4 is 0 Å². The van der Waals surface area contributed by atoms with Crippen LogP contribution in [0.3, 0.4) is 0 Å². The van der Waals surface area contributed by atoms with Gasteiger partial charge in [0.2, 0.25) is 0 Å². The fourth-order valence-electron chi connectivity index (χ4n) is 1.77. The van der Waals surface area contributed by atoms with E-state index in [1.165, 1.54) is 83.5 Å². The standard InChI is InChI=1S/2C5H10.3C3H8/c2*1-2-4-5-3-1;3*1-3-2/h2*1-5H2;3*3H2,1-2H3. The summed E-state index contributed by atoms with van der Waals surface area (Å²) in [5.74, 6) is 0. The van der Waals surface area contributed by atoms with Gasteiger partial charge in [-0.15, -0.1) is 0 Å². The van der Waals surface area contributed by atoms with Gasteiger partial charge in [-0.2, -0.15) is 0 Å². The molecule has 0 unspecified atom stereocenters. The number of hydrogen-bond donors (Lipinski definition) is 0. The molecular formula is C19H44. The minimum atomic E-state index is 1.25. The molecule has 0 aromatic carbocycles. The van der Waals surface area contributed by atoms with E-state index in [4.69, 9.17) is 0 Å². The van der Waals surface area contributed by atoms with Gasteiger partial charge >= 0.3 is 0 Å². The van der Waals surface area contributed by atoms with Crippen molar-refractivity contribution in [1.29, 1.82) is 0 Å². The minimum absolute atomic E-state index is 1.25. The second-order valence-electron chi connectivity index (χ2n) is 5.66. The largest absolute Gasteiger partial charge is 0.0656 e. The van der Waals surface area contributed by atoms with E-state index in [0.29, 0.717) is 0 Å². The predicted molar refractivity (Wildman–Crippen MR) is 94.1 cm³/mol. The van der Waals surface area contributed by atoms with E-state index in [0.717, 1.165) is 0 Å². The molecule has 120 valence electrons. The van der Waals surface area contributed by atoms with E-state index in [2.05, 4.69) is 41.5 Å². The van der Waals surface area contributed by atoms with Crippen LogP contribution in [0.2, 0.25) is 0 Å². The van der Waals surface area contributed by atoms with E-state index in [9.17, 15) is 0 Å². The van der Waals surface area contributed by atoms with Gasteiger partial charge in [-0.05, 0) is 0 Å². The van der Waals surface area contributed by atoms with Crippen molar-refractivity contribution in [2.75, 3.05) is 0 Å². The maximum Gasteiger partial charge on any atom is -0.0533 e.